The van der Waals surface area contributed by atoms with Gasteiger partial charge in [-0.3, -0.25) is 9.59 Å². The highest BCUT2D eigenvalue weighted by molar-refractivity contribution is 8.01. The second kappa shape index (κ2) is 10.6. The third kappa shape index (κ3) is 5.75. The minimum Gasteiger partial charge on any atom is -0.453 e. The summed E-state index contributed by atoms with van der Waals surface area (Å²) in [7, 11) is 0. The van der Waals surface area contributed by atoms with Crippen LogP contribution in [-0.2, 0) is 31.8 Å². The Labute approximate surface area is 219 Å². The fraction of sp³-hybridized carbons (Fsp3) is 0.375. The Morgan fingerprint density at radius 2 is 1.58 bits per heavy atom. The standard InChI is InChI=1S/C32H36O3S/c1-22(2)24-16-17-26(31(3,4)5)28(20-24)36-29-27(33)21-32(35-30(29)34,25-14-10-7-11-15-25)19-18-23-12-8-6-9-13-23/h6-17,20,22,29H,18-19,21H2,1-5H3. The Kier molecular flexibility index (Phi) is 7.75. The van der Waals surface area contributed by atoms with E-state index >= 15 is 0 Å². The molecule has 0 spiro atoms. The van der Waals surface area contributed by atoms with Gasteiger partial charge in [0.2, 0.25) is 0 Å². The van der Waals surface area contributed by atoms with E-state index in [1.54, 1.807) is 0 Å². The van der Waals surface area contributed by atoms with Gasteiger partial charge in [-0.25, -0.2) is 0 Å². The van der Waals surface area contributed by atoms with Gasteiger partial charge in [-0.05, 0) is 52.5 Å². The molecule has 1 aliphatic rings. The van der Waals surface area contributed by atoms with Crippen molar-refractivity contribution in [2.75, 3.05) is 0 Å². The summed E-state index contributed by atoms with van der Waals surface area (Å²) < 4.78 is 6.26. The molecule has 1 saturated heterocycles. The van der Waals surface area contributed by atoms with Gasteiger partial charge in [0.1, 0.15) is 5.60 Å². The molecule has 4 heteroatoms. The first-order chi connectivity index (χ1) is 17.1. The summed E-state index contributed by atoms with van der Waals surface area (Å²) in [5.74, 6) is -0.151. The summed E-state index contributed by atoms with van der Waals surface area (Å²) in [4.78, 5) is 28.2. The van der Waals surface area contributed by atoms with Crippen LogP contribution in [0, 0.1) is 0 Å². The maximum Gasteiger partial charge on any atom is 0.327 e. The first-order valence-electron chi connectivity index (χ1n) is 12.8. The third-order valence-corrected chi connectivity index (χ3v) is 8.23. The van der Waals surface area contributed by atoms with Crippen LogP contribution in [-0.4, -0.2) is 17.0 Å². The summed E-state index contributed by atoms with van der Waals surface area (Å²) in [5.41, 5.74) is 3.32. The average Bonchev–Trinajstić information content (AvgIpc) is 2.85. The number of benzene rings is 3. The Morgan fingerprint density at radius 1 is 0.944 bits per heavy atom. The van der Waals surface area contributed by atoms with Gasteiger partial charge in [-0.15, -0.1) is 11.8 Å². The molecule has 0 aromatic heterocycles. The molecule has 0 amide bonds. The highest BCUT2D eigenvalue weighted by Gasteiger charge is 2.48. The van der Waals surface area contributed by atoms with Crippen LogP contribution < -0.4 is 0 Å². The van der Waals surface area contributed by atoms with E-state index in [2.05, 4.69) is 65.0 Å². The first-order valence-corrected chi connectivity index (χ1v) is 13.6. The van der Waals surface area contributed by atoms with E-state index in [-0.39, 0.29) is 17.6 Å². The van der Waals surface area contributed by atoms with Gasteiger partial charge in [0, 0.05) is 4.90 Å². The highest BCUT2D eigenvalue weighted by Crippen LogP contribution is 2.44. The van der Waals surface area contributed by atoms with Gasteiger partial charge in [0.05, 0.1) is 6.42 Å². The van der Waals surface area contributed by atoms with Crippen molar-refractivity contribution in [1.29, 1.82) is 0 Å². The molecule has 0 aliphatic carbocycles. The van der Waals surface area contributed by atoms with Gasteiger partial charge in [-0.1, -0.05) is 107 Å². The van der Waals surface area contributed by atoms with E-state index in [1.165, 1.54) is 17.3 Å². The fourth-order valence-corrected chi connectivity index (χ4v) is 6.14. The molecule has 3 nitrogen and oxygen atoms in total. The lowest BCUT2D eigenvalue weighted by Crippen LogP contribution is -2.47. The monoisotopic (exact) mass is 500 g/mol. The van der Waals surface area contributed by atoms with Crippen molar-refractivity contribution in [1.82, 2.24) is 0 Å². The molecule has 1 aliphatic heterocycles. The van der Waals surface area contributed by atoms with Gasteiger partial charge >= 0.3 is 5.97 Å². The molecule has 2 atom stereocenters. The number of rotatable bonds is 7. The normalized spacial score (nSPS) is 20.4. The molecule has 36 heavy (non-hydrogen) atoms. The summed E-state index contributed by atoms with van der Waals surface area (Å²) in [5, 5.41) is -0.859. The number of aryl methyl sites for hydroxylation is 1. The van der Waals surface area contributed by atoms with E-state index in [0.717, 1.165) is 28.0 Å². The van der Waals surface area contributed by atoms with Crippen molar-refractivity contribution in [3.8, 4) is 0 Å². The first kappa shape index (κ1) is 26.2. The van der Waals surface area contributed by atoms with E-state index in [4.69, 9.17) is 4.74 Å². The number of hydrogen-bond acceptors (Lipinski definition) is 4. The molecular formula is C32H36O3S. The third-order valence-electron chi connectivity index (χ3n) is 6.95. The summed E-state index contributed by atoms with van der Waals surface area (Å²) in [6.45, 7) is 10.8. The maximum absolute atomic E-state index is 13.7. The summed E-state index contributed by atoms with van der Waals surface area (Å²) in [6, 6.07) is 26.3. The van der Waals surface area contributed by atoms with Crippen LogP contribution in [0.1, 0.15) is 75.6 Å². The average molecular weight is 501 g/mol. The quantitative estimate of drug-likeness (QED) is 0.247. The number of thioether (sulfide) groups is 1. The van der Waals surface area contributed by atoms with Crippen LogP contribution in [0.15, 0.2) is 83.8 Å². The van der Waals surface area contributed by atoms with Crippen LogP contribution in [0.2, 0.25) is 0 Å². The number of ketones is 1. The molecule has 4 rings (SSSR count). The second-order valence-corrected chi connectivity index (χ2v) is 12.2. The number of Topliss-reactive ketones (excluding diaryl/α,β-unsaturated/α-hetero) is 1. The van der Waals surface area contributed by atoms with Gasteiger partial charge in [0.15, 0.2) is 11.0 Å². The van der Waals surface area contributed by atoms with Crippen LogP contribution in [0.25, 0.3) is 0 Å². The molecule has 0 saturated carbocycles. The zero-order chi connectivity index (χ0) is 25.9. The van der Waals surface area contributed by atoms with E-state index in [1.807, 2.05) is 48.5 Å². The van der Waals surface area contributed by atoms with Gasteiger partial charge in [0.25, 0.3) is 0 Å². The lowest BCUT2D eigenvalue weighted by Gasteiger charge is -2.39. The molecule has 2 unspecified atom stereocenters. The predicted octanol–water partition coefficient (Wildman–Crippen LogP) is 7.61. The topological polar surface area (TPSA) is 43.4 Å². The van der Waals surface area contributed by atoms with Crippen LogP contribution >= 0.6 is 11.8 Å². The number of ether oxygens (including phenoxy) is 1. The molecule has 1 fully saturated rings. The molecule has 188 valence electrons. The van der Waals surface area contributed by atoms with Crippen LogP contribution in [0.3, 0.4) is 0 Å². The Bertz CT molecular complexity index is 1190. The zero-order valence-corrected chi connectivity index (χ0v) is 22.7. The minimum absolute atomic E-state index is 0.0667. The minimum atomic E-state index is -0.949. The van der Waals surface area contributed by atoms with E-state index in [9.17, 15) is 9.59 Å². The fourth-order valence-electron chi connectivity index (χ4n) is 4.82. The number of carbonyl (C=O) groups is 2. The van der Waals surface area contributed by atoms with Crippen molar-refractivity contribution < 1.29 is 14.3 Å². The molecule has 1 heterocycles. The lowest BCUT2D eigenvalue weighted by atomic mass is 9.81. The zero-order valence-electron chi connectivity index (χ0n) is 21.9. The van der Waals surface area contributed by atoms with Crippen molar-refractivity contribution in [3.63, 3.8) is 0 Å². The molecule has 0 bridgehead atoms. The molecular weight excluding hydrogens is 464 g/mol. The van der Waals surface area contributed by atoms with Crippen molar-refractivity contribution in [2.45, 2.75) is 81.0 Å². The SMILES string of the molecule is CC(C)c1ccc(C(C)(C)C)c(SC2C(=O)CC(CCc3ccccc3)(c3ccccc3)OC2=O)c1. The highest BCUT2D eigenvalue weighted by atomic mass is 32.2. The Balaban J connectivity index is 1.64. The largest absolute Gasteiger partial charge is 0.453 e. The second-order valence-electron chi connectivity index (χ2n) is 11.1. The predicted molar refractivity (Wildman–Crippen MR) is 147 cm³/mol. The Hall–Kier alpha value is -2.85. The summed E-state index contributed by atoms with van der Waals surface area (Å²) >= 11 is 1.35. The molecule has 0 N–H and O–H groups in total. The number of esters is 1. The molecule has 3 aromatic carbocycles. The van der Waals surface area contributed by atoms with Crippen molar-refractivity contribution in [3.05, 3.63) is 101 Å². The van der Waals surface area contributed by atoms with Gasteiger partial charge in [-0.2, -0.15) is 0 Å². The Morgan fingerprint density at radius 3 is 2.17 bits per heavy atom. The maximum atomic E-state index is 13.7. The number of cyclic esters (lactones) is 1. The summed E-state index contributed by atoms with van der Waals surface area (Å²) in [6.07, 6.45) is 1.46. The van der Waals surface area contributed by atoms with Crippen LogP contribution in [0.4, 0.5) is 0 Å². The number of carbonyl (C=O) groups excluding carboxylic acids is 2. The van der Waals surface area contributed by atoms with E-state index in [0.29, 0.717) is 12.3 Å². The van der Waals surface area contributed by atoms with Crippen LogP contribution in [0.5, 0.6) is 0 Å². The van der Waals surface area contributed by atoms with Gasteiger partial charge < -0.3 is 4.74 Å². The van der Waals surface area contributed by atoms with Crippen molar-refractivity contribution >= 4 is 23.5 Å². The molecule has 3 aromatic rings. The van der Waals surface area contributed by atoms with Crippen molar-refractivity contribution in [2.24, 2.45) is 0 Å². The lowest BCUT2D eigenvalue weighted by molar-refractivity contribution is -0.171. The van der Waals surface area contributed by atoms with E-state index < -0.39 is 16.8 Å². The molecule has 0 radical (unpaired) electrons. The smallest absolute Gasteiger partial charge is 0.327 e. The number of hydrogen-bond donors (Lipinski definition) is 0.